The van der Waals surface area contributed by atoms with Crippen molar-refractivity contribution in [2.24, 2.45) is 0 Å². The van der Waals surface area contributed by atoms with E-state index in [9.17, 15) is 0 Å². The second-order valence-corrected chi connectivity index (χ2v) is 18.4. The summed E-state index contributed by atoms with van der Waals surface area (Å²) < 4.78 is 8.94. The molecule has 0 bridgehead atoms. The molecule has 0 unspecified atom stereocenters. The Kier molecular flexibility index (Phi) is 9.53. The third-order valence-electron chi connectivity index (χ3n) is 14.4. The van der Waals surface area contributed by atoms with Gasteiger partial charge < -0.3 is 13.9 Å². The van der Waals surface area contributed by atoms with Crippen LogP contribution in [0.15, 0.2) is 271 Å². The molecular weight excluding hydrogens is 861 g/mol. The first kappa shape index (κ1) is 40.6. The van der Waals surface area contributed by atoms with Crippen molar-refractivity contribution in [1.29, 1.82) is 0 Å². The zero-order valence-electron chi connectivity index (χ0n) is 38.7. The summed E-state index contributed by atoms with van der Waals surface area (Å²) in [5, 5.41) is 9.69. The molecule has 0 atom stereocenters. The molecule has 0 fully saturated rings. The highest BCUT2D eigenvalue weighted by Crippen LogP contribution is 2.46. The lowest BCUT2D eigenvalue weighted by atomic mass is 9.92. The predicted octanol–water partition coefficient (Wildman–Crippen LogP) is 19.1. The van der Waals surface area contributed by atoms with Gasteiger partial charge in [-0.25, -0.2) is 0 Å². The van der Waals surface area contributed by atoms with Crippen LogP contribution in [0.1, 0.15) is 0 Å². The lowest BCUT2D eigenvalue weighted by molar-refractivity contribution is 0.670. The van der Waals surface area contributed by atoms with E-state index in [4.69, 9.17) is 4.42 Å². The average molecular weight is 905 g/mol. The molecule has 332 valence electrons. The van der Waals surface area contributed by atoms with E-state index in [0.29, 0.717) is 0 Å². The van der Waals surface area contributed by atoms with Crippen molar-refractivity contribution in [3.8, 4) is 50.2 Å². The van der Waals surface area contributed by atoms with Gasteiger partial charge in [-0.1, -0.05) is 200 Å². The van der Waals surface area contributed by atoms with Crippen molar-refractivity contribution < 1.29 is 4.42 Å². The van der Waals surface area contributed by atoms with Crippen LogP contribution in [0.25, 0.3) is 115 Å². The highest BCUT2D eigenvalue weighted by atomic mass is 16.3. The molecule has 14 aromatic rings. The van der Waals surface area contributed by atoms with Crippen molar-refractivity contribution in [2.45, 2.75) is 0 Å². The molecule has 0 spiro atoms. The Labute approximate surface area is 411 Å². The molecule has 0 radical (unpaired) electrons. The second kappa shape index (κ2) is 16.7. The summed E-state index contributed by atoms with van der Waals surface area (Å²) in [4.78, 5) is 2.43. The quantitative estimate of drug-likeness (QED) is 0.142. The minimum Gasteiger partial charge on any atom is -0.455 e. The standard InChI is InChI=1S/C68H44N2O/c1-2-23-52-49(18-1)44-62(56-26-4-3-25-55(52)56)59-29-8-11-34-64(59)69(50-40-38-45(39-41-50)54-31-17-32-61-60-30-9-14-37-67(60)71-68(54)61)51-22-16-20-47(43-51)46-19-15-21-48(42-46)53-24-5-10-33-63(53)70-65-35-12-6-27-57(65)58-28-7-13-36-66(58)70/h1-44H. The molecule has 2 aromatic heterocycles. The zero-order valence-corrected chi connectivity index (χ0v) is 38.7. The zero-order chi connectivity index (χ0) is 46.8. The molecule has 0 saturated carbocycles. The van der Waals surface area contributed by atoms with Crippen LogP contribution in [0.2, 0.25) is 0 Å². The van der Waals surface area contributed by atoms with Gasteiger partial charge in [0.05, 0.1) is 22.4 Å². The van der Waals surface area contributed by atoms with Gasteiger partial charge in [0.25, 0.3) is 0 Å². The normalized spacial score (nSPS) is 11.7. The third kappa shape index (κ3) is 6.74. The number of para-hydroxylation sites is 6. The van der Waals surface area contributed by atoms with Crippen molar-refractivity contribution >= 4 is 82.4 Å². The molecule has 0 aliphatic heterocycles. The largest absolute Gasteiger partial charge is 0.455 e. The van der Waals surface area contributed by atoms with Gasteiger partial charge in [-0.05, 0) is 116 Å². The molecule has 3 heteroatoms. The average Bonchev–Trinajstić information content (AvgIpc) is 4.00. The van der Waals surface area contributed by atoms with E-state index in [1.165, 1.54) is 54.5 Å². The van der Waals surface area contributed by atoms with E-state index in [2.05, 4.69) is 264 Å². The fraction of sp³-hybridized carbons (Fsp3) is 0. The summed E-state index contributed by atoms with van der Waals surface area (Å²) in [6.45, 7) is 0. The summed E-state index contributed by atoms with van der Waals surface area (Å²) >= 11 is 0. The molecule has 12 aromatic carbocycles. The Hall–Kier alpha value is -9.44. The number of benzene rings is 12. The number of aromatic nitrogens is 1. The Morgan fingerprint density at radius 1 is 0.296 bits per heavy atom. The van der Waals surface area contributed by atoms with Crippen molar-refractivity contribution in [2.75, 3.05) is 4.90 Å². The number of furan rings is 1. The minimum atomic E-state index is 0.897. The van der Waals surface area contributed by atoms with Crippen LogP contribution in [0.5, 0.6) is 0 Å². The van der Waals surface area contributed by atoms with Gasteiger partial charge in [0.2, 0.25) is 0 Å². The number of nitrogens with zero attached hydrogens (tertiary/aromatic N) is 2. The van der Waals surface area contributed by atoms with E-state index < -0.39 is 0 Å². The molecular formula is C68H44N2O. The fourth-order valence-corrected chi connectivity index (χ4v) is 11.2. The molecule has 0 amide bonds. The summed E-state index contributed by atoms with van der Waals surface area (Å²) in [5.41, 5.74) is 17.7. The van der Waals surface area contributed by atoms with Crippen LogP contribution in [-0.4, -0.2) is 4.57 Å². The van der Waals surface area contributed by atoms with Gasteiger partial charge in [0, 0.05) is 49.6 Å². The number of rotatable bonds is 8. The van der Waals surface area contributed by atoms with E-state index in [-0.39, 0.29) is 0 Å². The molecule has 2 heterocycles. The van der Waals surface area contributed by atoms with E-state index >= 15 is 0 Å². The molecule has 0 saturated heterocycles. The molecule has 0 N–H and O–H groups in total. The Morgan fingerprint density at radius 2 is 0.859 bits per heavy atom. The van der Waals surface area contributed by atoms with E-state index in [0.717, 1.165) is 78.1 Å². The van der Waals surface area contributed by atoms with Gasteiger partial charge in [-0.15, -0.1) is 0 Å². The highest BCUT2D eigenvalue weighted by molar-refractivity contribution is 6.15. The van der Waals surface area contributed by atoms with Crippen molar-refractivity contribution in [3.63, 3.8) is 0 Å². The number of hydrogen-bond acceptors (Lipinski definition) is 2. The molecule has 3 nitrogen and oxygen atoms in total. The summed E-state index contributed by atoms with van der Waals surface area (Å²) in [7, 11) is 0. The summed E-state index contributed by atoms with van der Waals surface area (Å²) in [5.74, 6) is 0. The van der Waals surface area contributed by atoms with Crippen LogP contribution in [0, 0.1) is 0 Å². The van der Waals surface area contributed by atoms with E-state index in [1.807, 2.05) is 12.1 Å². The van der Waals surface area contributed by atoms with Crippen molar-refractivity contribution in [3.05, 3.63) is 267 Å². The highest BCUT2D eigenvalue weighted by Gasteiger charge is 2.22. The predicted molar refractivity (Wildman–Crippen MR) is 299 cm³/mol. The van der Waals surface area contributed by atoms with Gasteiger partial charge in [-0.3, -0.25) is 0 Å². The maximum atomic E-state index is 6.52. The monoisotopic (exact) mass is 904 g/mol. The first-order chi connectivity index (χ1) is 35.2. The SMILES string of the molecule is c1cc(-c2cccc(N(c3ccc(-c4cccc5c4oc4ccccc45)cc3)c3ccccc3-c3cc4ccccc4c4ccccc34)c2)cc(-c2ccccc2-n2c3ccccc3c3ccccc32)c1. The molecule has 71 heavy (non-hydrogen) atoms. The Morgan fingerprint density at radius 3 is 1.66 bits per heavy atom. The first-order valence-electron chi connectivity index (χ1n) is 24.3. The van der Waals surface area contributed by atoms with Crippen LogP contribution in [0.3, 0.4) is 0 Å². The van der Waals surface area contributed by atoms with E-state index in [1.54, 1.807) is 0 Å². The van der Waals surface area contributed by atoms with Gasteiger partial charge >= 0.3 is 0 Å². The summed E-state index contributed by atoms with van der Waals surface area (Å²) in [6, 6.07) is 96.8. The summed E-state index contributed by atoms with van der Waals surface area (Å²) in [6.07, 6.45) is 0. The molecule has 14 rings (SSSR count). The second-order valence-electron chi connectivity index (χ2n) is 18.4. The van der Waals surface area contributed by atoms with Crippen LogP contribution >= 0.6 is 0 Å². The smallest absolute Gasteiger partial charge is 0.143 e. The van der Waals surface area contributed by atoms with Gasteiger partial charge in [-0.2, -0.15) is 0 Å². The lowest BCUT2D eigenvalue weighted by Gasteiger charge is -2.29. The first-order valence-corrected chi connectivity index (χ1v) is 24.3. The molecule has 0 aliphatic rings. The van der Waals surface area contributed by atoms with Crippen LogP contribution in [0.4, 0.5) is 17.1 Å². The number of fused-ring (bicyclic) bond motifs is 9. The molecule has 0 aliphatic carbocycles. The lowest BCUT2D eigenvalue weighted by Crippen LogP contribution is -2.11. The minimum absolute atomic E-state index is 0.897. The Bertz CT molecular complexity index is 4310. The van der Waals surface area contributed by atoms with Crippen LogP contribution < -0.4 is 4.90 Å². The van der Waals surface area contributed by atoms with Gasteiger partial charge in [0.1, 0.15) is 11.2 Å². The third-order valence-corrected chi connectivity index (χ3v) is 14.4. The maximum Gasteiger partial charge on any atom is 0.143 e. The van der Waals surface area contributed by atoms with Crippen LogP contribution in [-0.2, 0) is 0 Å². The number of hydrogen-bond donors (Lipinski definition) is 0. The fourth-order valence-electron chi connectivity index (χ4n) is 11.2. The maximum absolute atomic E-state index is 6.52. The van der Waals surface area contributed by atoms with Gasteiger partial charge in [0.15, 0.2) is 0 Å². The number of anilines is 3. The van der Waals surface area contributed by atoms with Crippen molar-refractivity contribution in [1.82, 2.24) is 4.57 Å². The topological polar surface area (TPSA) is 21.3 Å². The Balaban J connectivity index is 0.924.